The topological polar surface area (TPSA) is 51.5 Å². The molecular formula is C11H17NO3. The van der Waals surface area contributed by atoms with Gasteiger partial charge in [0.05, 0.1) is 18.8 Å². The van der Waals surface area contributed by atoms with Crippen LogP contribution in [0.15, 0.2) is 0 Å². The minimum atomic E-state index is -0.668. The maximum Gasteiger partial charge on any atom is 0.340 e. The van der Waals surface area contributed by atoms with Crippen LogP contribution < -0.4 is 0 Å². The van der Waals surface area contributed by atoms with Crippen LogP contribution in [0.1, 0.15) is 40.3 Å². The fraction of sp³-hybridized carbons (Fsp3) is 0.545. The van der Waals surface area contributed by atoms with E-state index in [1.807, 2.05) is 25.5 Å². The van der Waals surface area contributed by atoms with Gasteiger partial charge in [0.1, 0.15) is 0 Å². The molecule has 0 aromatic carbocycles. The fourth-order valence-corrected chi connectivity index (χ4v) is 1.85. The highest BCUT2D eigenvalue weighted by Gasteiger charge is 2.24. The van der Waals surface area contributed by atoms with Crippen molar-refractivity contribution in [2.24, 2.45) is 7.05 Å². The van der Waals surface area contributed by atoms with Gasteiger partial charge in [0, 0.05) is 24.0 Å². The van der Waals surface area contributed by atoms with Gasteiger partial charge in [-0.2, -0.15) is 0 Å². The first-order valence-electron chi connectivity index (χ1n) is 4.84. The summed E-state index contributed by atoms with van der Waals surface area (Å²) in [6.45, 7) is 5.36. The first-order valence-corrected chi connectivity index (χ1v) is 4.84. The smallest absolute Gasteiger partial charge is 0.340 e. The number of hydrogen-bond acceptors (Lipinski definition) is 3. The van der Waals surface area contributed by atoms with Crippen molar-refractivity contribution in [1.29, 1.82) is 0 Å². The van der Waals surface area contributed by atoms with Crippen molar-refractivity contribution in [3.8, 4) is 0 Å². The van der Waals surface area contributed by atoms with E-state index in [-0.39, 0.29) is 0 Å². The second-order valence-corrected chi connectivity index (χ2v) is 3.69. The summed E-state index contributed by atoms with van der Waals surface area (Å²) in [6.07, 6.45) is -0.668. The molecule has 0 amide bonds. The van der Waals surface area contributed by atoms with E-state index in [4.69, 9.17) is 4.74 Å². The lowest BCUT2D eigenvalue weighted by molar-refractivity contribution is 0.0593. The zero-order valence-electron chi connectivity index (χ0n) is 9.79. The predicted molar refractivity (Wildman–Crippen MR) is 56.9 cm³/mol. The molecule has 1 aromatic rings. The molecule has 0 fully saturated rings. The van der Waals surface area contributed by atoms with Crippen LogP contribution in [0, 0.1) is 13.8 Å². The lowest BCUT2D eigenvalue weighted by atomic mass is 10.0. The van der Waals surface area contributed by atoms with Gasteiger partial charge < -0.3 is 14.4 Å². The van der Waals surface area contributed by atoms with E-state index in [2.05, 4.69) is 0 Å². The summed E-state index contributed by atoms with van der Waals surface area (Å²) >= 11 is 0. The molecule has 1 atom stereocenters. The van der Waals surface area contributed by atoms with Gasteiger partial charge in [0.2, 0.25) is 0 Å². The van der Waals surface area contributed by atoms with Gasteiger partial charge in [-0.15, -0.1) is 0 Å². The normalized spacial score (nSPS) is 12.7. The van der Waals surface area contributed by atoms with E-state index in [1.165, 1.54) is 7.11 Å². The van der Waals surface area contributed by atoms with Crippen LogP contribution in [0.25, 0.3) is 0 Å². The molecule has 0 saturated heterocycles. The summed E-state index contributed by atoms with van der Waals surface area (Å²) in [7, 11) is 3.21. The van der Waals surface area contributed by atoms with Gasteiger partial charge >= 0.3 is 5.97 Å². The molecule has 4 heteroatoms. The van der Waals surface area contributed by atoms with Gasteiger partial charge in [0.15, 0.2) is 0 Å². The third-order valence-electron chi connectivity index (χ3n) is 2.83. The first-order chi connectivity index (χ1) is 6.91. The summed E-state index contributed by atoms with van der Waals surface area (Å²) in [5, 5.41) is 9.65. The van der Waals surface area contributed by atoms with Crippen LogP contribution in [0.3, 0.4) is 0 Å². The van der Waals surface area contributed by atoms with Crippen LogP contribution in [0.5, 0.6) is 0 Å². The van der Waals surface area contributed by atoms with Crippen molar-refractivity contribution >= 4 is 5.97 Å². The largest absolute Gasteiger partial charge is 0.465 e. The number of esters is 1. The Morgan fingerprint density at radius 2 is 1.93 bits per heavy atom. The van der Waals surface area contributed by atoms with Crippen molar-refractivity contribution < 1.29 is 14.6 Å². The Morgan fingerprint density at radius 3 is 2.33 bits per heavy atom. The third-order valence-corrected chi connectivity index (χ3v) is 2.83. The minimum absolute atomic E-state index is 0.396. The van der Waals surface area contributed by atoms with Crippen LogP contribution in [0.4, 0.5) is 0 Å². The highest BCUT2D eigenvalue weighted by molar-refractivity contribution is 5.93. The number of carbonyl (C=O) groups excluding carboxylic acids is 1. The molecule has 1 heterocycles. The Labute approximate surface area is 89.5 Å². The Kier molecular flexibility index (Phi) is 3.19. The van der Waals surface area contributed by atoms with Gasteiger partial charge in [0.25, 0.3) is 0 Å². The molecule has 0 saturated carbocycles. The van der Waals surface area contributed by atoms with Crippen molar-refractivity contribution in [2.75, 3.05) is 7.11 Å². The average molecular weight is 211 g/mol. The Morgan fingerprint density at radius 1 is 1.40 bits per heavy atom. The molecule has 0 spiro atoms. The standard InChI is InChI=1S/C11H17NO3/c1-6-9(8(3)13)10(11(14)15-5)7(2)12(6)4/h8,13H,1-5H3/t8-/m1/s1. The number of rotatable bonds is 2. The lowest BCUT2D eigenvalue weighted by Crippen LogP contribution is -2.07. The molecule has 1 N–H and O–H groups in total. The van der Waals surface area contributed by atoms with Crippen LogP contribution >= 0.6 is 0 Å². The van der Waals surface area contributed by atoms with E-state index in [1.54, 1.807) is 6.92 Å². The Balaban J connectivity index is 3.48. The van der Waals surface area contributed by atoms with Crippen molar-refractivity contribution in [1.82, 2.24) is 4.57 Å². The second kappa shape index (κ2) is 4.06. The third kappa shape index (κ3) is 1.77. The van der Waals surface area contributed by atoms with E-state index < -0.39 is 12.1 Å². The quantitative estimate of drug-likeness (QED) is 0.754. The summed E-state index contributed by atoms with van der Waals surface area (Å²) < 4.78 is 6.60. The SMILES string of the molecule is COC(=O)c1c([C@@H](C)O)c(C)n(C)c1C. The maximum absolute atomic E-state index is 11.6. The number of carbonyl (C=O) groups is 1. The fourth-order valence-electron chi connectivity index (χ4n) is 1.85. The van der Waals surface area contributed by atoms with E-state index in [0.717, 1.165) is 11.4 Å². The molecule has 0 unspecified atom stereocenters. The lowest BCUT2D eigenvalue weighted by Gasteiger charge is -2.07. The number of methoxy groups -OCH3 is 1. The predicted octanol–water partition coefficient (Wildman–Crippen LogP) is 1.48. The summed E-state index contributed by atoms with van der Waals surface area (Å²) in [6, 6.07) is 0. The van der Waals surface area contributed by atoms with Gasteiger partial charge in [-0.25, -0.2) is 4.79 Å². The molecule has 84 valence electrons. The van der Waals surface area contributed by atoms with E-state index in [0.29, 0.717) is 11.1 Å². The molecular weight excluding hydrogens is 194 g/mol. The van der Waals surface area contributed by atoms with Crippen LogP contribution in [-0.4, -0.2) is 22.8 Å². The molecule has 0 aliphatic carbocycles. The molecule has 0 radical (unpaired) electrons. The summed E-state index contributed by atoms with van der Waals surface area (Å²) in [5.41, 5.74) is 2.84. The summed E-state index contributed by atoms with van der Waals surface area (Å²) in [4.78, 5) is 11.6. The molecule has 15 heavy (non-hydrogen) atoms. The molecule has 0 bridgehead atoms. The average Bonchev–Trinajstić information content (AvgIpc) is 2.41. The second-order valence-electron chi connectivity index (χ2n) is 3.69. The summed E-state index contributed by atoms with van der Waals surface area (Å²) in [5.74, 6) is -0.396. The van der Waals surface area contributed by atoms with Gasteiger partial charge in [-0.05, 0) is 20.8 Å². The molecule has 0 aliphatic heterocycles. The molecule has 1 rings (SSSR count). The van der Waals surface area contributed by atoms with Crippen molar-refractivity contribution in [2.45, 2.75) is 26.9 Å². The number of aliphatic hydroxyl groups is 1. The minimum Gasteiger partial charge on any atom is -0.465 e. The van der Waals surface area contributed by atoms with Crippen LogP contribution in [-0.2, 0) is 11.8 Å². The Hall–Kier alpha value is -1.29. The first kappa shape index (κ1) is 11.8. The Bertz CT molecular complexity index is 391. The monoisotopic (exact) mass is 211 g/mol. The molecule has 0 aliphatic rings. The van der Waals surface area contributed by atoms with E-state index in [9.17, 15) is 9.90 Å². The maximum atomic E-state index is 11.6. The number of aromatic nitrogens is 1. The van der Waals surface area contributed by atoms with Gasteiger partial charge in [-0.3, -0.25) is 0 Å². The zero-order valence-corrected chi connectivity index (χ0v) is 9.79. The molecule has 1 aromatic heterocycles. The van der Waals surface area contributed by atoms with Gasteiger partial charge in [-0.1, -0.05) is 0 Å². The number of ether oxygens (including phenoxy) is 1. The number of hydrogen-bond donors (Lipinski definition) is 1. The van der Waals surface area contributed by atoms with Crippen LogP contribution in [0.2, 0.25) is 0 Å². The zero-order chi connectivity index (χ0) is 11.7. The van der Waals surface area contributed by atoms with Crippen molar-refractivity contribution in [3.05, 3.63) is 22.5 Å². The van der Waals surface area contributed by atoms with E-state index >= 15 is 0 Å². The highest BCUT2D eigenvalue weighted by atomic mass is 16.5. The number of nitrogens with zero attached hydrogens (tertiary/aromatic N) is 1. The van der Waals surface area contributed by atoms with Crippen molar-refractivity contribution in [3.63, 3.8) is 0 Å². The molecule has 4 nitrogen and oxygen atoms in total. The number of aliphatic hydroxyl groups excluding tert-OH is 1. The highest BCUT2D eigenvalue weighted by Crippen LogP contribution is 2.27.